The number of hydrogen-bond acceptors (Lipinski definition) is 6. The number of fused-ring (bicyclic) bond motifs is 2. The van der Waals surface area contributed by atoms with Crippen LogP contribution >= 0.6 is 0 Å². The molecule has 0 heterocycles. The summed E-state index contributed by atoms with van der Waals surface area (Å²) in [5.41, 5.74) is 22.5. The fraction of sp³-hybridized carbons (Fsp3) is 0.105. The average Bonchev–Trinajstić information content (AvgIpc) is 3.24. The van der Waals surface area contributed by atoms with Gasteiger partial charge in [0.2, 0.25) is 0 Å². The number of anilines is 2. The van der Waals surface area contributed by atoms with Crippen molar-refractivity contribution in [2.45, 2.75) is 13.8 Å². The summed E-state index contributed by atoms with van der Waals surface area (Å²) in [6.07, 6.45) is 0. The topological polar surface area (TPSA) is 105 Å². The number of nitrogen functional groups attached to an aromatic ring is 2. The predicted octanol–water partition coefficient (Wildman–Crippen LogP) is 8.42. The van der Waals surface area contributed by atoms with Crippen molar-refractivity contribution in [3.05, 3.63) is 120 Å². The van der Waals surface area contributed by atoms with Gasteiger partial charge in [0.15, 0.2) is 0 Å². The van der Waals surface area contributed by atoms with Crippen molar-refractivity contribution in [2.24, 2.45) is 0 Å². The maximum absolute atomic E-state index is 13.6. The Bertz CT molecular complexity index is 1790. The lowest BCUT2D eigenvalue weighted by molar-refractivity contribution is 0.0519. The third-order valence-corrected chi connectivity index (χ3v) is 7.85. The van der Waals surface area contributed by atoms with Crippen molar-refractivity contribution in [1.82, 2.24) is 0 Å². The highest BCUT2D eigenvalue weighted by atomic mass is 16.5. The van der Waals surface area contributed by atoms with E-state index in [4.69, 9.17) is 20.9 Å². The molecule has 4 aliphatic carbocycles. The molecule has 0 saturated heterocycles. The van der Waals surface area contributed by atoms with Crippen molar-refractivity contribution in [3.63, 3.8) is 0 Å². The van der Waals surface area contributed by atoms with Gasteiger partial charge in [-0.05, 0) is 47.2 Å². The Hall–Kier alpha value is -5.62. The third-order valence-electron chi connectivity index (χ3n) is 7.85. The zero-order valence-electron chi connectivity index (χ0n) is 24.6. The van der Waals surface area contributed by atoms with Crippen LogP contribution in [0.4, 0.5) is 11.4 Å². The summed E-state index contributed by atoms with van der Waals surface area (Å²) in [5, 5.41) is 0. The van der Waals surface area contributed by atoms with E-state index in [2.05, 4.69) is 0 Å². The summed E-state index contributed by atoms with van der Waals surface area (Å²) < 4.78 is 11.0. The molecular weight excluding hydrogens is 548 g/mol. The summed E-state index contributed by atoms with van der Waals surface area (Å²) in [6.45, 7) is 3.90. The fourth-order valence-corrected chi connectivity index (χ4v) is 6.08. The van der Waals surface area contributed by atoms with Crippen LogP contribution in [0.25, 0.3) is 55.6 Å². The van der Waals surface area contributed by atoms with Gasteiger partial charge in [-0.2, -0.15) is 0 Å². The van der Waals surface area contributed by atoms with E-state index >= 15 is 0 Å². The van der Waals surface area contributed by atoms with Gasteiger partial charge in [0.1, 0.15) is 0 Å². The average molecular weight is 581 g/mol. The monoisotopic (exact) mass is 580 g/mol. The van der Waals surface area contributed by atoms with Crippen LogP contribution in [-0.4, -0.2) is 25.2 Å². The van der Waals surface area contributed by atoms with Crippen LogP contribution in [0.2, 0.25) is 0 Å². The molecular formula is C38H32N2O4. The van der Waals surface area contributed by atoms with Crippen molar-refractivity contribution in [2.75, 3.05) is 24.7 Å². The summed E-state index contributed by atoms with van der Waals surface area (Å²) in [7, 11) is 0. The maximum atomic E-state index is 13.6. The zero-order chi connectivity index (χ0) is 30.8. The lowest BCUT2D eigenvalue weighted by Gasteiger charge is -2.13. The highest BCUT2D eigenvalue weighted by Crippen LogP contribution is 2.57. The van der Waals surface area contributed by atoms with Crippen molar-refractivity contribution < 1.29 is 19.1 Å². The molecule has 0 amide bonds. The largest absolute Gasteiger partial charge is 0.462 e. The molecule has 0 atom stereocenters. The molecule has 2 aromatic rings. The number of benzene rings is 2. The summed E-state index contributed by atoms with van der Waals surface area (Å²) in [5.74, 6) is -1.05. The van der Waals surface area contributed by atoms with Crippen molar-refractivity contribution >= 4 is 23.3 Å². The lowest BCUT2D eigenvalue weighted by atomic mass is 9.90. The second-order valence-electron chi connectivity index (χ2n) is 10.3. The number of esters is 2. The van der Waals surface area contributed by atoms with E-state index in [1.165, 1.54) is 0 Å². The van der Waals surface area contributed by atoms with Gasteiger partial charge in [0.25, 0.3) is 0 Å². The molecule has 4 N–H and O–H groups in total. The molecule has 0 radical (unpaired) electrons. The first-order valence-electron chi connectivity index (χ1n) is 14.6. The van der Waals surface area contributed by atoms with E-state index < -0.39 is 11.9 Å². The number of hydrogen-bond donors (Lipinski definition) is 2. The molecule has 218 valence electrons. The highest BCUT2D eigenvalue weighted by Gasteiger charge is 2.36. The number of carbonyl (C=O) groups excluding carboxylic acids is 2. The molecule has 0 spiro atoms. The van der Waals surface area contributed by atoms with Crippen molar-refractivity contribution in [1.29, 1.82) is 0 Å². The van der Waals surface area contributed by atoms with E-state index in [1.54, 1.807) is 13.8 Å². The van der Waals surface area contributed by atoms with Gasteiger partial charge < -0.3 is 20.9 Å². The van der Waals surface area contributed by atoms with Gasteiger partial charge in [0.05, 0.1) is 35.7 Å². The molecule has 0 aromatic heterocycles. The number of nitrogens with two attached hydrogens (primary N) is 2. The molecule has 0 fully saturated rings. The van der Waals surface area contributed by atoms with Gasteiger partial charge >= 0.3 is 11.9 Å². The first-order valence-corrected chi connectivity index (χ1v) is 14.6. The molecule has 0 saturated carbocycles. The quantitative estimate of drug-likeness (QED) is 0.184. The fourth-order valence-electron chi connectivity index (χ4n) is 6.08. The number of ether oxygens (including phenoxy) is 2. The Morgan fingerprint density at radius 1 is 0.477 bits per heavy atom. The number of carbonyl (C=O) groups is 2. The SMILES string of the molecule is CCOC(=O)c1c2ccccc(-c3ccccc3)c-2c(-c2c(N)c(C(=O)OCC)c3ccccc(-c4ccccc4)c2-3)c1N. The first-order chi connectivity index (χ1) is 21.5. The number of rotatable bonds is 7. The van der Waals surface area contributed by atoms with Gasteiger partial charge in [-0.1, -0.05) is 109 Å². The van der Waals surface area contributed by atoms with E-state index in [9.17, 15) is 9.59 Å². The highest BCUT2D eigenvalue weighted by molar-refractivity contribution is 6.23. The van der Waals surface area contributed by atoms with Gasteiger partial charge in [-0.15, -0.1) is 0 Å². The minimum atomic E-state index is -0.527. The smallest absolute Gasteiger partial charge is 0.340 e. The molecule has 0 aliphatic heterocycles. The van der Waals surface area contributed by atoms with Crippen LogP contribution in [0.15, 0.2) is 109 Å². The van der Waals surface area contributed by atoms with Crippen LogP contribution in [0.1, 0.15) is 34.6 Å². The maximum Gasteiger partial charge on any atom is 0.340 e. The molecule has 6 nitrogen and oxygen atoms in total. The molecule has 44 heavy (non-hydrogen) atoms. The summed E-state index contributed by atoms with van der Waals surface area (Å²) in [4.78, 5) is 27.1. The Morgan fingerprint density at radius 2 is 0.795 bits per heavy atom. The molecule has 4 aliphatic rings. The first kappa shape index (κ1) is 28.5. The summed E-state index contributed by atoms with van der Waals surface area (Å²) >= 11 is 0. The van der Waals surface area contributed by atoms with Crippen LogP contribution in [0.5, 0.6) is 0 Å². The standard InChI is InChI=1S/C38H32N2O4/c1-3-43-37(41)31-27-21-13-11-19-25(23-15-7-5-8-16-23)29(27)33(35(31)39)34-30-26(24-17-9-6-10-18-24)20-12-14-22-28(30)32(36(34)40)38(42)44-4-2/h5-22H,3-4,39-40H2,1-2H3. The Labute approximate surface area is 256 Å². The molecule has 2 aromatic carbocycles. The van der Waals surface area contributed by atoms with E-state index in [0.29, 0.717) is 22.3 Å². The van der Waals surface area contributed by atoms with Crippen LogP contribution in [0, 0.1) is 0 Å². The molecule has 6 heteroatoms. The van der Waals surface area contributed by atoms with Gasteiger partial charge in [-0.25, -0.2) is 9.59 Å². The van der Waals surface area contributed by atoms with E-state index in [1.807, 2.05) is 109 Å². The second kappa shape index (κ2) is 11.9. The van der Waals surface area contributed by atoms with Crippen LogP contribution in [-0.2, 0) is 9.47 Å². The summed E-state index contributed by atoms with van der Waals surface area (Å²) in [6, 6.07) is 35.2. The molecule has 0 unspecified atom stereocenters. The Kier molecular flexibility index (Phi) is 7.73. The van der Waals surface area contributed by atoms with E-state index in [0.717, 1.165) is 33.4 Å². The van der Waals surface area contributed by atoms with Crippen LogP contribution < -0.4 is 11.5 Å². The minimum absolute atomic E-state index is 0.188. The minimum Gasteiger partial charge on any atom is -0.462 e. The molecule has 6 rings (SSSR count). The van der Waals surface area contributed by atoms with Gasteiger partial charge in [-0.3, -0.25) is 0 Å². The third kappa shape index (κ3) is 4.71. The second-order valence-corrected chi connectivity index (χ2v) is 10.3. The predicted molar refractivity (Wildman–Crippen MR) is 177 cm³/mol. The zero-order valence-corrected chi connectivity index (χ0v) is 24.6. The van der Waals surface area contributed by atoms with Crippen LogP contribution in [0.3, 0.4) is 0 Å². The van der Waals surface area contributed by atoms with Crippen molar-refractivity contribution in [3.8, 4) is 55.6 Å². The lowest BCUT2D eigenvalue weighted by Crippen LogP contribution is -2.07. The Morgan fingerprint density at radius 3 is 1.14 bits per heavy atom. The van der Waals surface area contributed by atoms with E-state index in [-0.39, 0.29) is 35.7 Å². The van der Waals surface area contributed by atoms with Gasteiger partial charge in [0, 0.05) is 22.3 Å². The molecule has 0 bridgehead atoms. The Balaban J connectivity index is 1.83. The normalized spacial score (nSPS) is 11.0.